The van der Waals surface area contributed by atoms with Crippen molar-refractivity contribution in [2.75, 3.05) is 31.5 Å². The molecule has 5 aromatic rings. The minimum absolute atomic E-state index is 0.601. The van der Waals surface area contributed by atoms with Crippen LogP contribution in [0.25, 0.3) is 33.3 Å². The monoisotopic (exact) mass is 467 g/mol. The molecule has 0 unspecified atom stereocenters. The van der Waals surface area contributed by atoms with Crippen LogP contribution in [0.15, 0.2) is 48.5 Å². The van der Waals surface area contributed by atoms with Crippen LogP contribution in [0.5, 0.6) is 0 Å². The van der Waals surface area contributed by atoms with Crippen molar-refractivity contribution < 1.29 is 0 Å². The van der Waals surface area contributed by atoms with Crippen molar-refractivity contribution >= 4 is 27.8 Å². The van der Waals surface area contributed by atoms with Crippen LogP contribution < -0.4 is 5.32 Å². The van der Waals surface area contributed by atoms with Crippen LogP contribution in [-0.2, 0) is 13.5 Å². The Morgan fingerprint density at radius 2 is 1.89 bits per heavy atom. The van der Waals surface area contributed by atoms with Crippen molar-refractivity contribution in [3.8, 4) is 11.4 Å². The molecule has 0 bridgehead atoms. The SMILES string of the molecule is Cn1nnc(-c2ccc3c(c2)[nH]c2nc(Cc4ccccc4)nc(NCCCN4CCCC4)c23)n1. The fraction of sp³-hybridized carbons (Fsp3) is 0.346. The highest BCUT2D eigenvalue weighted by Crippen LogP contribution is 2.32. The van der Waals surface area contributed by atoms with Crippen molar-refractivity contribution in [3.63, 3.8) is 0 Å². The van der Waals surface area contributed by atoms with E-state index < -0.39 is 0 Å². The van der Waals surface area contributed by atoms with E-state index in [2.05, 4.69) is 67.0 Å². The van der Waals surface area contributed by atoms with Gasteiger partial charge in [-0.15, -0.1) is 10.2 Å². The standard InChI is InChI=1S/C26H29N9/c1-34-32-24(31-33-34)19-10-11-20-21(17-19)28-26-23(20)25(27-12-7-15-35-13-5-6-14-35)29-22(30-26)16-18-8-3-2-4-9-18/h2-4,8-11,17H,5-7,12-16H2,1H3,(H2,27,28,29,30). The number of fused-ring (bicyclic) bond motifs is 3. The van der Waals surface area contributed by atoms with Crippen LogP contribution >= 0.6 is 0 Å². The molecular formula is C26H29N9. The first-order chi connectivity index (χ1) is 17.2. The second-order valence-corrected chi connectivity index (χ2v) is 9.19. The van der Waals surface area contributed by atoms with Crippen LogP contribution in [0.2, 0.25) is 0 Å². The molecule has 9 heteroatoms. The number of rotatable bonds is 8. The smallest absolute Gasteiger partial charge is 0.204 e. The molecule has 2 aromatic carbocycles. The highest BCUT2D eigenvalue weighted by atomic mass is 15.6. The predicted octanol–water partition coefficient (Wildman–Crippen LogP) is 3.79. The summed E-state index contributed by atoms with van der Waals surface area (Å²) >= 11 is 0. The number of anilines is 1. The fourth-order valence-electron chi connectivity index (χ4n) is 4.89. The minimum atomic E-state index is 0.601. The highest BCUT2D eigenvalue weighted by molar-refractivity contribution is 6.11. The van der Waals surface area contributed by atoms with Gasteiger partial charge in [-0.05, 0) is 55.7 Å². The van der Waals surface area contributed by atoms with Crippen molar-refractivity contribution in [1.29, 1.82) is 0 Å². The molecule has 0 aliphatic carbocycles. The average molecular weight is 468 g/mol. The Morgan fingerprint density at radius 3 is 2.69 bits per heavy atom. The Morgan fingerprint density at radius 1 is 1.03 bits per heavy atom. The van der Waals surface area contributed by atoms with E-state index >= 15 is 0 Å². The van der Waals surface area contributed by atoms with Crippen LogP contribution in [0, 0.1) is 0 Å². The van der Waals surface area contributed by atoms with Gasteiger partial charge in [0.15, 0.2) is 0 Å². The van der Waals surface area contributed by atoms with Crippen LogP contribution in [0.1, 0.15) is 30.7 Å². The van der Waals surface area contributed by atoms with Gasteiger partial charge in [0, 0.05) is 29.4 Å². The number of aromatic nitrogens is 7. The number of likely N-dealkylation sites (tertiary alicyclic amines) is 1. The summed E-state index contributed by atoms with van der Waals surface area (Å²) in [4.78, 5) is 17.4. The zero-order valence-corrected chi connectivity index (χ0v) is 19.9. The van der Waals surface area contributed by atoms with Gasteiger partial charge in [0.25, 0.3) is 0 Å². The van der Waals surface area contributed by atoms with Crippen LogP contribution in [-0.4, -0.2) is 66.2 Å². The lowest BCUT2D eigenvalue weighted by atomic mass is 10.1. The number of nitrogens with zero attached hydrogens (tertiary/aromatic N) is 7. The number of tetrazole rings is 1. The molecule has 1 fully saturated rings. The summed E-state index contributed by atoms with van der Waals surface area (Å²) in [5, 5.41) is 18.2. The summed E-state index contributed by atoms with van der Waals surface area (Å²) < 4.78 is 0. The molecule has 1 aliphatic heterocycles. The summed E-state index contributed by atoms with van der Waals surface area (Å²) in [5.74, 6) is 2.29. The molecule has 0 spiro atoms. The molecule has 178 valence electrons. The van der Waals surface area contributed by atoms with E-state index in [1.165, 1.54) is 36.3 Å². The van der Waals surface area contributed by atoms with Crippen molar-refractivity contribution in [3.05, 3.63) is 59.9 Å². The second-order valence-electron chi connectivity index (χ2n) is 9.19. The van der Waals surface area contributed by atoms with Gasteiger partial charge >= 0.3 is 0 Å². The van der Waals surface area contributed by atoms with E-state index in [1.807, 2.05) is 12.1 Å². The number of benzene rings is 2. The first-order valence-corrected chi connectivity index (χ1v) is 12.3. The Balaban J connectivity index is 1.34. The molecule has 0 amide bonds. The van der Waals surface area contributed by atoms with Gasteiger partial charge in [-0.1, -0.05) is 42.5 Å². The second kappa shape index (κ2) is 9.42. The quantitative estimate of drug-likeness (QED) is 0.335. The molecule has 6 rings (SSSR count). The molecule has 3 aromatic heterocycles. The first-order valence-electron chi connectivity index (χ1n) is 12.3. The topological polar surface area (TPSA) is 100 Å². The third kappa shape index (κ3) is 4.59. The van der Waals surface area contributed by atoms with E-state index in [-0.39, 0.29) is 0 Å². The molecule has 0 radical (unpaired) electrons. The zero-order chi connectivity index (χ0) is 23.6. The van der Waals surface area contributed by atoms with E-state index in [9.17, 15) is 0 Å². The maximum absolute atomic E-state index is 4.98. The number of hydrogen-bond acceptors (Lipinski definition) is 7. The van der Waals surface area contributed by atoms with Crippen LogP contribution in [0.4, 0.5) is 5.82 Å². The van der Waals surface area contributed by atoms with E-state index in [4.69, 9.17) is 9.97 Å². The van der Waals surface area contributed by atoms with E-state index in [1.54, 1.807) is 7.05 Å². The lowest BCUT2D eigenvalue weighted by molar-refractivity contribution is 0.337. The number of aromatic amines is 1. The van der Waals surface area contributed by atoms with Gasteiger partial charge in [-0.2, -0.15) is 4.80 Å². The van der Waals surface area contributed by atoms with Gasteiger partial charge in [0.1, 0.15) is 17.3 Å². The highest BCUT2D eigenvalue weighted by Gasteiger charge is 2.16. The van der Waals surface area contributed by atoms with Gasteiger partial charge in [0.2, 0.25) is 5.82 Å². The maximum Gasteiger partial charge on any atom is 0.204 e. The number of nitrogens with one attached hydrogen (secondary N) is 2. The summed E-state index contributed by atoms with van der Waals surface area (Å²) in [6, 6.07) is 16.5. The van der Waals surface area contributed by atoms with E-state index in [0.29, 0.717) is 12.2 Å². The van der Waals surface area contributed by atoms with Crippen molar-refractivity contribution in [2.45, 2.75) is 25.7 Å². The van der Waals surface area contributed by atoms with Crippen molar-refractivity contribution in [2.24, 2.45) is 7.05 Å². The summed E-state index contributed by atoms with van der Waals surface area (Å²) in [7, 11) is 1.77. The van der Waals surface area contributed by atoms with Crippen molar-refractivity contribution in [1.82, 2.24) is 40.1 Å². The Kier molecular flexibility index (Phi) is 5.83. The average Bonchev–Trinajstić information content (AvgIpc) is 3.62. The lowest BCUT2D eigenvalue weighted by Crippen LogP contribution is -2.22. The van der Waals surface area contributed by atoms with Gasteiger partial charge in [-0.25, -0.2) is 9.97 Å². The van der Waals surface area contributed by atoms with Crippen LogP contribution in [0.3, 0.4) is 0 Å². The molecule has 0 atom stereocenters. The minimum Gasteiger partial charge on any atom is -0.369 e. The summed E-state index contributed by atoms with van der Waals surface area (Å²) in [5.41, 5.74) is 3.93. The lowest BCUT2D eigenvalue weighted by Gasteiger charge is -2.15. The first kappa shape index (κ1) is 21.7. The molecule has 4 heterocycles. The summed E-state index contributed by atoms with van der Waals surface area (Å²) in [6.07, 6.45) is 4.42. The molecule has 1 aliphatic rings. The summed E-state index contributed by atoms with van der Waals surface area (Å²) in [6.45, 7) is 4.46. The van der Waals surface area contributed by atoms with Gasteiger partial charge in [0.05, 0.1) is 12.4 Å². The molecule has 1 saturated heterocycles. The Hall–Kier alpha value is -3.85. The largest absolute Gasteiger partial charge is 0.369 e. The molecule has 0 saturated carbocycles. The Labute approximate surface area is 203 Å². The Bertz CT molecular complexity index is 1450. The molecular weight excluding hydrogens is 438 g/mol. The number of H-pyrrole nitrogens is 1. The van der Waals surface area contributed by atoms with Gasteiger partial charge < -0.3 is 15.2 Å². The third-order valence-corrected chi connectivity index (χ3v) is 6.61. The third-order valence-electron chi connectivity index (χ3n) is 6.61. The predicted molar refractivity (Wildman–Crippen MR) is 137 cm³/mol. The fourth-order valence-corrected chi connectivity index (χ4v) is 4.89. The molecule has 35 heavy (non-hydrogen) atoms. The maximum atomic E-state index is 4.98. The number of hydrogen-bond donors (Lipinski definition) is 2. The number of aryl methyl sites for hydroxylation is 1. The van der Waals surface area contributed by atoms with E-state index in [0.717, 1.165) is 58.7 Å². The molecule has 2 N–H and O–H groups in total. The normalized spacial score (nSPS) is 14.3. The molecule has 9 nitrogen and oxygen atoms in total. The zero-order valence-electron chi connectivity index (χ0n) is 19.9. The van der Waals surface area contributed by atoms with Gasteiger partial charge in [-0.3, -0.25) is 0 Å².